The first-order valence-electron chi connectivity index (χ1n) is 5.51. The van der Waals surface area contributed by atoms with Gasteiger partial charge in [0.1, 0.15) is 5.82 Å². The van der Waals surface area contributed by atoms with E-state index in [0.29, 0.717) is 11.3 Å². The van der Waals surface area contributed by atoms with E-state index in [1.54, 1.807) is 6.20 Å². The zero-order valence-corrected chi connectivity index (χ0v) is 10.6. The topological polar surface area (TPSA) is 55.0 Å². The molecule has 0 atom stereocenters. The summed E-state index contributed by atoms with van der Waals surface area (Å²) in [5.74, 6) is 2.11. The molecule has 1 aliphatic rings. The highest BCUT2D eigenvalue weighted by atomic mass is 32.2. The molecule has 2 N–H and O–H groups in total. The van der Waals surface area contributed by atoms with E-state index in [1.165, 1.54) is 0 Å². The second kappa shape index (κ2) is 4.59. The molecule has 1 aromatic heterocycles. The summed E-state index contributed by atoms with van der Waals surface area (Å²) < 4.78 is 0.298. The summed E-state index contributed by atoms with van der Waals surface area (Å²) in [5, 5.41) is 0. The van der Waals surface area contributed by atoms with Gasteiger partial charge in [-0.25, -0.2) is 4.98 Å². The zero-order valence-electron chi connectivity index (χ0n) is 9.81. The van der Waals surface area contributed by atoms with E-state index < -0.39 is 0 Å². The molecule has 0 amide bonds. The lowest BCUT2D eigenvalue weighted by Gasteiger charge is -2.38. The number of hydrogen-bond donors (Lipinski definition) is 1. The average Bonchev–Trinajstić information content (AvgIpc) is 2.28. The Balaban J connectivity index is 2.11. The molecule has 2 heterocycles. The third kappa shape index (κ3) is 2.65. The summed E-state index contributed by atoms with van der Waals surface area (Å²) in [6.45, 7) is 7.06. The van der Waals surface area contributed by atoms with Crippen LogP contribution in [0.4, 0.5) is 5.82 Å². The maximum Gasteiger partial charge on any atom is 0.147 e. The fraction of sp³-hybridized carbons (Fsp3) is 0.636. The number of thioether (sulfide) groups is 1. The van der Waals surface area contributed by atoms with Gasteiger partial charge >= 0.3 is 0 Å². The van der Waals surface area contributed by atoms with E-state index in [0.717, 1.165) is 30.4 Å². The van der Waals surface area contributed by atoms with E-state index in [4.69, 9.17) is 5.73 Å². The monoisotopic (exact) mass is 238 g/mol. The molecular formula is C11H18N4S. The van der Waals surface area contributed by atoms with Gasteiger partial charge in [-0.1, -0.05) is 0 Å². The van der Waals surface area contributed by atoms with Crippen LogP contribution in [0.15, 0.2) is 12.4 Å². The lowest BCUT2D eigenvalue weighted by molar-refractivity contribution is 0.640. The highest BCUT2D eigenvalue weighted by Crippen LogP contribution is 2.31. The molecule has 1 fully saturated rings. The van der Waals surface area contributed by atoms with Crippen LogP contribution >= 0.6 is 11.8 Å². The first-order valence-corrected chi connectivity index (χ1v) is 6.49. The number of rotatable bonds is 2. The second-order valence-corrected chi connectivity index (χ2v) is 6.40. The molecule has 88 valence electrons. The van der Waals surface area contributed by atoms with Crippen LogP contribution in [0.2, 0.25) is 0 Å². The third-order valence-electron chi connectivity index (χ3n) is 2.65. The van der Waals surface area contributed by atoms with Crippen molar-refractivity contribution in [2.45, 2.75) is 25.1 Å². The van der Waals surface area contributed by atoms with E-state index in [2.05, 4.69) is 28.7 Å². The number of hydrogen-bond acceptors (Lipinski definition) is 5. The molecule has 1 saturated heterocycles. The number of nitrogens with zero attached hydrogens (tertiary/aromatic N) is 3. The van der Waals surface area contributed by atoms with Crippen LogP contribution in [0.3, 0.4) is 0 Å². The number of aromatic nitrogens is 2. The minimum atomic E-state index is 0.298. The van der Waals surface area contributed by atoms with Crippen molar-refractivity contribution in [1.29, 1.82) is 0 Å². The summed E-state index contributed by atoms with van der Waals surface area (Å²) in [6.07, 6.45) is 3.60. The van der Waals surface area contributed by atoms with E-state index in [9.17, 15) is 0 Å². The fourth-order valence-corrected chi connectivity index (χ4v) is 2.94. The van der Waals surface area contributed by atoms with Gasteiger partial charge in [0.2, 0.25) is 0 Å². The van der Waals surface area contributed by atoms with Crippen molar-refractivity contribution in [3.8, 4) is 0 Å². The Morgan fingerprint density at radius 3 is 2.81 bits per heavy atom. The van der Waals surface area contributed by atoms with Crippen molar-refractivity contribution in [1.82, 2.24) is 9.97 Å². The van der Waals surface area contributed by atoms with Gasteiger partial charge in [-0.2, -0.15) is 11.8 Å². The Kier molecular flexibility index (Phi) is 3.35. The Labute approximate surface area is 101 Å². The van der Waals surface area contributed by atoms with Gasteiger partial charge in [-0.3, -0.25) is 4.98 Å². The van der Waals surface area contributed by atoms with Gasteiger partial charge in [-0.15, -0.1) is 0 Å². The highest BCUT2D eigenvalue weighted by molar-refractivity contribution is 8.00. The van der Waals surface area contributed by atoms with Gasteiger partial charge < -0.3 is 10.6 Å². The zero-order chi connectivity index (χ0) is 11.6. The van der Waals surface area contributed by atoms with Crippen LogP contribution in [0.5, 0.6) is 0 Å². The number of nitrogens with two attached hydrogens (primary N) is 1. The Morgan fingerprint density at radius 1 is 1.44 bits per heavy atom. The molecule has 0 saturated carbocycles. The lowest BCUT2D eigenvalue weighted by Crippen LogP contribution is -2.43. The largest absolute Gasteiger partial charge is 0.353 e. The van der Waals surface area contributed by atoms with Crippen molar-refractivity contribution in [2.24, 2.45) is 5.73 Å². The molecule has 1 aliphatic heterocycles. The van der Waals surface area contributed by atoms with Crippen molar-refractivity contribution < 1.29 is 0 Å². The van der Waals surface area contributed by atoms with E-state index in [1.807, 2.05) is 18.0 Å². The maximum atomic E-state index is 5.50. The van der Waals surface area contributed by atoms with Gasteiger partial charge in [0.15, 0.2) is 0 Å². The summed E-state index contributed by atoms with van der Waals surface area (Å²) in [6, 6.07) is 0. The summed E-state index contributed by atoms with van der Waals surface area (Å²) in [4.78, 5) is 11.0. The molecule has 5 heteroatoms. The molecule has 0 unspecified atom stereocenters. The minimum Gasteiger partial charge on any atom is -0.353 e. The Morgan fingerprint density at radius 2 is 2.25 bits per heavy atom. The van der Waals surface area contributed by atoms with Crippen LogP contribution in [0, 0.1) is 0 Å². The van der Waals surface area contributed by atoms with Gasteiger partial charge in [0.25, 0.3) is 0 Å². The first kappa shape index (κ1) is 11.7. The van der Waals surface area contributed by atoms with E-state index in [-0.39, 0.29) is 0 Å². The maximum absolute atomic E-state index is 5.50. The second-order valence-electron chi connectivity index (χ2n) is 4.60. The molecule has 0 aromatic carbocycles. The lowest BCUT2D eigenvalue weighted by atomic mass is 10.2. The highest BCUT2D eigenvalue weighted by Gasteiger charge is 2.27. The summed E-state index contributed by atoms with van der Waals surface area (Å²) >= 11 is 2.02. The van der Waals surface area contributed by atoms with Crippen molar-refractivity contribution in [3.05, 3.63) is 18.1 Å². The fourth-order valence-electron chi connectivity index (χ4n) is 1.83. The van der Waals surface area contributed by atoms with Crippen molar-refractivity contribution in [3.63, 3.8) is 0 Å². The number of anilines is 1. The Bertz CT molecular complexity index is 350. The molecule has 2 rings (SSSR count). The molecule has 4 nitrogen and oxygen atoms in total. The average molecular weight is 238 g/mol. The van der Waals surface area contributed by atoms with Gasteiger partial charge in [0.05, 0.1) is 18.1 Å². The predicted octanol–water partition coefficient (Wildman–Crippen LogP) is 1.27. The first-order chi connectivity index (χ1) is 7.61. The third-order valence-corrected chi connectivity index (χ3v) is 3.95. The van der Waals surface area contributed by atoms with Crippen LogP contribution in [-0.4, -0.2) is 33.6 Å². The SMILES string of the molecule is CC1(C)CN(c2cnc(CN)cn2)CCS1. The van der Waals surface area contributed by atoms with Gasteiger partial charge in [0, 0.05) is 30.1 Å². The predicted molar refractivity (Wildman–Crippen MR) is 68.7 cm³/mol. The molecule has 16 heavy (non-hydrogen) atoms. The van der Waals surface area contributed by atoms with Crippen molar-refractivity contribution >= 4 is 17.6 Å². The van der Waals surface area contributed by atoms with Crippen LogP contribution in [0.1, 0.15) is 19.5 Å². The summed E-state index contributed by atoms with van der Waals surface area (Å²) in [5.41, 5.74) is 6.34. The molecule has 0 radical (unpaired) electrons. The van der Waals surface area contributed by atoms with Crippen LogP contribution < -0.4 is 10.6 Å². The minimum absolute atomic E-state index is 0.298. The van der Waals surface area contributed by atoms with Gasteiger partial charge in [-0.05, 0) is 13.8 Å². The molecule has 0 spiro atoms. The van der Waals surface area contributed by atoms with Crippen LogP contribution in [0.25, 0.3) is 0 Å². The smallest absolute Gasteiger partial charge is 0.147 e. The van der Waals surface area contributed by atoms with Crippen molar-refractivity contribution in [2.75, 3.05) is 23.7 Å². The quantitative estimate of drug-likeness (QED) is 0.841. The van der Waals surface area contributed by atoms with Crippen LogP contribution in [-0.2, 0) is 6.54 Å². The normalized spacial score (nSPS) is 19.8. The molecule has 0 aliphatic carbocycles. The summed E-state index contributed by atoms with van der Waals surface area (Å²) in [7, 11) is 0. The standard InChI is InChI=1S/C11H18N4S/c1-11(2)8-15(3-4-16-11)10-7-13-9(5-12)6-14-10/h6-7H,3-5,8,12H2,1-2H3. The molecular weight excluding hydrogens is 220 g/mol. The van der Waals surface area contributed by atoms with E-state index >= 15 is 0 Å². The molecule has 0 bridgehead atoms. The molecule has 1 aromatic rings. The Hall–Kier alpha value is -0.810.